The number of hydrogen-bond donors (Lipinski definition) is 2. The Morgan fingerprint density at radius 1 is 1.17 bits per heavy atom. The van der Waals surface area contributed by atoms with Gasteiger partial charge in [-0.15, -0.1) is 0 Å². The molecular weight excluding hydrogens is 298 g/mol. The van der Waals surface area contributed by atoms with E-state index in [9.17, 15) is 9.59 Å². The first-order valence-electron chi connectivity index (χ1n) is 7.36. The third kappa shape index (κ3) is 5.55. The zero-order chi connectivity index (χ0) is 16.5. The van der Waals surface area contributed by atoms with Crippen LogP contribution in [0.3, 0.4) is 0 Å². The smallest absolute Gasteiger partial charge is 0.411 e. The van der Waals surface area contributed by atoms with Gasteiger partial charge in [0.25, 0.3) is 5.56 Å². The fourth-order valence-electron chi connectivity index (χ4n) is 1.85. The average molecular weight is 317 g/mol. The minimum Gasteiger partial charge on any atom is -0.449 e. The molecule has 0 aliphatic rings. The lowest BCUT2D eigenvalue weighted by molar-refractivity contribution is 0.113. The number of amides is 1. The number of carbonyl (C=O) groups is 1. The molecule has 1 aromatic heterocycles. The molecule has 0 bridgehead atoms. The molecule has 0 aliphatic carbocycles. The lowest BCUT2D eigenvalue weighted by Crippen LogP contribution is -2.15. The van der Waals surface area contributed by atoms with Crippen molar-refractivity contribution in [1.82, 2.24) is 10.2 Å². The third-order valence-electron chi connectivity index (χ3n) is 2.98. The van der Waals surface area contributed by atoms with Gasteiger partial charge in [-0.3, -0.25) is 10.1 Å². The Bertz CT molecular complexity index is 662. The SMILES string of the molecule is CCOCCCOC(=O)Nc1ccc(-c2ccc(=O)[nH]n2)cc1. The number of aromatic amines is 1. The third-order valence-corrected chi connectivity index (χ3v) is 2.98. The predicted molar refractivity (Wildman–Crippen MR) is 86.4 cm³/mol. The molecular formula is C16H19N3O4. The van der Waals surface area contributed by atoms with E-state index in [4.69, 9.17) is 9.47 Å². The van der Waals surface area contributed by atoms with Crippen LogP contribution in [0.1, 0.15) is 13.3 Å². The molecule has 7 nitrogen and oxygen atoms in total. The molecule has 2 aromatic rings. The van der Waals surface area contributed by atoms with Crippen LogP contribution in [-0.2, 0) is 9.47 Å². The predicted octanol–water partition coefficient (Wildman–Crippen LogP) is 2.41. The van der Waals surface area contributed by atoms with E-state index < -0.39 is 6.09 Å². The van der Waals surface area contributed by atoms with Gasteiger partial charge in [-0.2, -0.15) is 5.10 Å². The van der Waals surface area contributed by atoms with Gasteiger partial charge in [0.05, 0.1) is 12.3 Å². The van der Waals surface area contributed by atoms with Crippen molar-refractivity contribution in [2.45, 2.75) is 13.3 Å². The van der Waals surface area contributed by atoms with Gasteiger partial charge in [0.1, 0.15) is 0 Å². The molecule has 0 saturated carbocycles. The Balaban J connectivity index is 1.83. The van der Waals surface area contributed by atoms with E-state index in [0.29, 0.717) is 37.6 Å². The molecule has 1 amide bonds. The van der Waals surface area contributed by atoms with Crippen LogP contribution in [0.15, 0.2) is 41.2 Å². The molecule has 1 heterocycles. The number of carbonyl (C=O) groups excluding carboxylic acids is 1. The van der Waals surface area contributed by atoms with Crippen molar-refractivity contribution >= 4 is 11.8 Å². The monoisotopic (exact) mass is 317 g/mol. The molecule has 0 unspecified atom stereocenters. The number of benzene rings is 1. The van der Waals surface area contributed by atoms with Crippen LogP contribution in [0.2, 0.25) is 0 Å². The Hall–Kier alpha value is -2.67. The zero-order valence-corrected chi connectivity index (χ0v) is 12.9. The van der Waals surface area contributed by atoms with E-state index >= 15 is 0 Å². The summed E-state index contributed by atoms with van der Waals surface area (Å²) in [7, 11) is 0. The number of rotatable bonds is 7. The van der Waals surface area contributed by atoms with Gasteiger partial charge in [-0.1, -0.05) is 12.1 Å². The molecule has 1 aromatic carbocycles. The van der Waals surface area contributed by atoms with Gasteiger partial charge in [0.15, 0.2) is 0 Å². The first kappa shape index (κ1) is 16.7. The molecule has 23 heavy (non-hydrogen) atoms. The van der Waals surface area contributed by atoms with Gasteiger partial charge in [-0.05, 0) is 25.1 Å². The van der Waals surface area contributed by atoms with E-state index in [0.717, 1.165) is 5.56 Å². The molecule has 0 saturated heterocycles. The summed E-state index contributed by atoms with van der Waals surface area (Å²) in [6, 6.07) is 10.1. The summed E-state index contributed by atoms with van der Waals surface area (Å²) in [5, 5.41) is 8.96. The standard InChI is InChI=1S/C16H19N3O4/c1-2-22-10-3-11-23-16(21)17-13-6-4-12(5-7-13)14-8-9-15(20)19-18-14/h4-9H,2-3,10-11H2,1H3,(H,17,21)(H,19,20). The molecule has 0 atom stereocenters. The van der Waals surface area contributed by atoms with Crippen LogP contribution in [0.5, 0.6) is 0 Å². The second kappa shape index (κ2) is 8.70. The second-order valence-electron chi connectivity index (χ2n) is 4.70. The Kier molecular flexibility index (Phi) is 6.31. The highest BCUT2D eigenvalue weighted by molar-refractivity contribution is 5.85. The first-order chi connectivity index (χ1) is 11.2. The molecule has 0 spiro atoms. The lowest BCUT2D eigenvalue weighted by atomic mass is 10.1. The van der Waals surface area contributed by atoms with Crippen molar-refractivity contribution in [2.24, 2.45) is 0 Å². The lowest BCUT2D eigenvalue weighted by Gasteiger charge is -2.07. The second-order valence-corrected chi connectivity index (χ2v) is 4.70. The number of H-pyrrole nitrogens is 1. The summed E-state index contributed by atoms with van der Waals surface area (Å²) in [6.07, 6.45) is 0.161. The maximum Gasteiger partial charge on any atom is 0.411 e. The molecule has 2 rings (SSSR count). The first-order valence-corrected chi connectivity index (χ1v) is 7.36. The summed E-state index contributed by atoms with van der Waals surface area (Å²) < 4.78 is 10.2. The summed E-state index contributed by atoms with van der Waals surface area (Å²) in [6.45, 7) is 3.46. The van der Waals surface area contributed by atoms with E-state index in [2.05, 4.69) is 15.5 Å². The van der Waals surface area contributed by atoms with E-state index in [1.807, 2.05) is 6.92 Å². The summed E-state index contributed by atoms with van der Waals surface area (Å²) in [4.78, 5) is 22.6. The van der Waals surface area contributed by atoms with Crippen molar-refractivity contribution in [2.75, 3.05) is 25.1 Å². The average Bonchev–Trinajstić information content (AvgIpc) is 2.56. The molecule has 7 heteroatoms. The molecule has 0 aliphatic heterocycles. The number of anilines is 1. The number of aromatic nitrogens is 2. The fourth-order valence-corrected chi connectivity index (χ4v) is 1.85. The van der Waals surface area contributed by atoms with Gasteiger partial charge >= 0.3 is 6.09 Å². The molecule has 0 fully saturated rings. The van der Waals surface area contributed by atoms with Crippen LogP contribution in [0.4, 0.5) is 10.5 Å². The summed E-state index contributed by atoms with van der Waals surface area (Å²) in [5.74, 6) is 0. The van der Waals surface area contributed by atoms with Crippen molar-refractivity contribution in [3.05, 3.63) is 46.8 Å². The van der Waals surface area contributed by atoms with Crippen LogP contribution in [0.25, 0.3) is 11.3 Å². The highest BCUT2D eigenvalue weighted by Gasteiger charge is 2.04. The van der Waals surface area contributed by atoms with Crippen LogP contribution in [0, 0.1) is 0 Å². The highest BCUT2D eigenvalue weighted by Crippen LogP contribution is 2.18. The minimum atomic E-state index is -0.503. The number of ether oxygens (including phenoxy) is 2. The van der Waals surface area contributed by atoms with Crippen LogP contribution in [-0.4, -0.2) is 36.1 Å². The number of nitrogens with zero attached hydrogens (tertiary/aromatic N) is 1. The van der Waals surface area contributed by atoms with Gasteiger partial charge in [0.2, 0.25) is 0 Å². The molecule has 122 valence electrons. The van der Waals surface area contributed by atoms with Crippen molar-refractivity contribution < 1.29 is 14.3 Å². The van der Waals surface area contributed by atoms with Crippen LogP contribution < -0.4 is 10.9 Å². The maximum absolute atomic E-state index is 11.6. The van der Waals surface area contributed by atoms with E-state index in [-0.39, 0.29) is 5.56 Å². The summed E-state index contributed by atoms with van der Waals surface area (Å²) in [5.41, 5.74) is 1.85. The van der Waals surface area contributed by atoms with Crippen molar-refractivity contribution in [1.29, 1.82) is 0 Å². The molecule has 2 N–H and O–H groups in total. The topological polar surface area (TPSA) is 93.3 Å². The Morgan fingerprint density at radius 3 is 2.61 bits per heavy atom. The largest absolute Gasteiger partial charge is 0.449 e. The van der Waals surface area contributed by atoms with Crippen LogP contribution >= 0.6 is 0 Å². The van der Waals surface area contributed by atoms with E-state index in [1.165, 1.54) is 6.07 Å². The van der Waals surface area contributed by atoms with E-state index in [1.54, 1.807) is 30.3 Å². The summed E-state index contributed by atoms with van der Waals surface area (Å²) >= 11 is 0. The van der Waals surface area contributed by atoms with Gasteiger partial charge < -0.3 is 9.47 Å². The Labute approximate surface area is 133 Å². The number of nitrogens with one attached hydrogen (secondary N) is 2. The van der Waals surface area contributed by atoms with Gasteiger partial charge in [0, 0.05) is 37.0 Å². The molecule has 0 radical (unpaired) electrons. The fraction of sp³-hybridized carbons (Fsp3) is 0.312. The number of hydrogen-bond acceptors (Lipinski definition) is 5. The Morgan fingerprint density at radius 2 is 1.96 bits per heavy atom. The highest BCUT2D eigenvalue weighted by atomic mass is 16.5. The minimum absolute atomic E-state index is 0.251. The van der Waals surface area contributed by atoms with Gasteiger partial charge in [-0.25, -0.2) is 9.89 Å². The normalized spacial score (nSPS) is 10.3. The van der Waals surface area contributed by atoms with Crippen molar-refractivity contribution in [3.8, 4) is 11.3 Å². The quantitative estimate of drug-likeness (QED) is 0.765. The van der Waals surface area contributed by atoms with Crippen molar-refractivity contribution in [3.63, 3.8) is 0 Å². The maximum atomic E-state index is 11.6. The zero-order valence-electron chi connectivity index (χ0n) is 12.9.